The second kappa shape index (κ2) is 10.2. The molecule has 1 unspecified atom stereocenters. The molecule has 2 amide bonds. The number of aromatic nitrogens is 2. The highest BCUT2D eigenvalue weighted by atomic mass is 35.5. The van der Waals surface area contributed by atoms with E-state index in [0.717, 1.165) is 11.3 Å². The maximum Gasteiger partial charge on any atom is 0.244 e. The summed E-state index contributed by atoms with van der Waals surface area (Å²) in [5.74, 6) is -1.47. The maximum absolute atomic E-state index is 13.0. The van der Waals surface area contributed by atoms with Gasteiger partial charge in [0.1, 0.15) is 11.0 Å². The summed E-state index contributed by atoms with van der Waals surface area (Å²) in [4.78, 5) is 23.9. The van der Waals surface area contributed by atoms with Crippen molar-refractivity contribution >= 4 is 29.5 Å². The van der Waals surface area contributed by atoms with E-state index in [1.807, 2.05) is 6.92 Å². The van der Waals surface area contributed by atoms with Gasteiger partial charge in [-0.25, -0.2) is 4.39 Å². The molecule has 1 aromatic heterocycles. The number of halogens is 2. The number of benzene rings is 1. The van der Waals surface area contributed by atoms with E-state index in [-0.39, 0.29) is 18.3 Å². The van der Waals surface area contributed by atoms with Crippen LogP contribution in [-0.4, -0.2) is 28.1 Å². The van der Waals surface area contributed by atoms with Crippen LogP contribution in [0.5, 0.6) is 0 Å². The number of amides is 2. The zero-order valence-electron chi connectivity index (χ0n) is 16.8. The molecule has 156 valence electrons. The first-order chi connectivity index (χ1) is 13.7. The molecule has 0 radical (unpaired) electrons. The third-order valence-electron chi connectivity index (χ3n) is 4.37. The second-order valence-corrected chi connectivity index (χ2v) is 7.73. The first-order valence-corrected chi connectivity index (χ1v) is 9.77. The molecule has 0 aliphatic heterocycles. The van der Waals surface area contributed by atoms with Crippen LogP contribution in [-0.2, 0) is 22.6 Å². The molecule has 0 spiro atoms. The minimum Gasteiger partial charge on any atom is -0.369 e. The average Bonchev–Trinajstić information content (AvgIpc) is 2.90. The number of nitrogens with zero attached hydrogens (tertiary/aromatic N) is 2. The van der Waals surface area contributed by atoms with Crippen LogP contribution in [0.25, 0.3) is 6.08 Å². The van der Waals surface area contributed by atoms with Crippen molar-refractivity contribution in [1.29, 1.82) is 0 Å². The molecular weight excluding hydrogens is 395 g/mol. The Morgan fingerprint density at radius 2 is 1.97 bits per heavy atom. The number of carbonyl (C=O) groups excluding carboxylic acids is 2. The number of aryl methyl sites for hydroxylation is 1. The van der Waals surface area contributed by atoms with Crippen molar-refractivity contribution in [2.45, 2.75) is 33.7 Å². The van der Waals surface area contributed by atoms with Crippen LogP contribution in [0.2, 0.25) is 5.15 Å². The van der Waals surface area contributed by atoms with Crippen LogP contribution in [0.3, 0.4) is 0 Å². The van der Waals surface area contributed by atoms with Gasteiger partial charge in [0.25, 0.3) is 0 Å². The number of carbonyl (C=O) groups is 2. The van der Waals surface area contributed by atoms with Gasteiger partial charge in [0.05, 0.1) is 11.6 Å². The largest absolute Gasteiger partial charge is 0.369 e. The monoisotopic (exact) mass is 420 g/mol. The number of nitrogens with one attached hydrogen (secondary N) is 1. The Morgan fingerprint density at radius 1 is 1.31 bits per heavy atom. The van der Waals surface area contributed by atoms with E-state index >= 15 is 0 Å². The molecule has 2 aromatic rings. The van der Waals surface area contributed by atoms with Gasteiger partial charge in [-0.05, 0) is 43.0 Å². The van der Waals surface area contributed by atoms with E-state index in [1.54, 1.807) is 22.9 Å². The molecule has 0 fully saturated rings. The molecule has 1 atom stereocenters. The summed E-state index contributed by atoms with van der Waals surface area (Å²) in [5, 5.41) is 7.54. The van der Waals surface area contributed by atoms with Gasteiger partial charge in [0.15, 0.2) is 0 Å². The number of rotatable bonds is 9. The normalized spacial score (nSPS) is 12.5. The van der Waals surface area contributed by atoms with Gasteiger partial charge in [-0.15, -0.1) is 0 Å². The number of nitrogens with two attached hydrogens (primary N) is 1. The zero-order valence-corrected chi connectivity index (χ0v) is 17.5. The Balaban J connectivity index is 1.97. The van der Waals surface area contributed by atoms with E-state index in [1.165, 1.54) is 18.2 Å². The highest BCUT2D eigenvalue weighted by molar-refractivity contribution is 6.31. The van der Waals surface area contributed by atoms with Crippen molar-refractivity contribution < 1.29 is 14.0 Å². The van der Waals surface area contributed by atoms with Crippen LogP contribution < -0.4 is 11.1 Å². The van der Waals surface area contributed by atoms with Gasteiger partial charge < -0.3 is 11.1 Å². The zero-order chi connectivity index (χ0) is 21.6. The van der Waals surface area contributed by atoms with Crippen molar-refractivity contribution in [1.82, 2.24) is 15.1 Å². The lowest BCUT2D eigenvalue weighted by molar-refractivity contribution is -0.122. The third-order valence-corrected chi connectivity index (χ3v) is 4.77. The summed E-state index contributed by atoms with van der Waals surface area (Å²) in [6.07, 6.45) is 3.27. The predicted molar refractivity (Wildman–Crippen MR) is 112 cm³/mol. The van der Waals surface area contributed by atoms with Crippen molar-refractivity contribution in [3.63, 3.8) is 0 Å². The topological polar surface area (TPSA) is 90.0 Å². The van der Waals surface area contributed by atoms with E-state index in [9.17, 15) is 14.0 Å². The summed E-state index contributed by atoms with van der Waals surface area (Å²) >= 11 is 6.36. The van der Waals surface area contributed by atoms with Crippen molar-refractivity contribution in [2.75, 3.05) is 6.54 Å². The number of hydrogen-bond acceptors (Lipinski definition) is 3. The molecule has 2 rings (SSSR count). The number of primary amides is 1. The van der Waals surface area contributed by atoms with Gasteiger partial charge in [0.2, 0.25) is 11.8 Å². The standard InChI is InChI=1S/C21H26ClFN4O2/c1-13(2)12-27-20(22)18(14(3)26-27)8-9-19(28)25-11-16(21(24)29)10-15-4-6-17(23)7-5-15/h4-9,13,16H,10-12H2,1-3H3,(H2,24,29)(H,25,28)/b9-8+. The Bertz CT molecular complexity index is 891. The Morgan fingerprint density at radius 3 is 2.55 bits per heavy atom. The molecule has 0 aliphatic carbocycles. The Hall–Kier alpha value is -2.67. The third kappa shape index (κ3) is 6.71. The fourth-order valence-corrected chi connectivity index (χ4v) is 3.15. The average molecular weight is 421 g/mol. The van der Waals surface area contributed by atoms with E-state index in [0.29, 0.717) is 29.6 Å². The quantitative estimate of drug-likeness (QED) is 0.611. The first kappa shape index (κ1) is 22.6. The van der Waals surface area contributed by atoms with Crippen molar-refractivity contribution in [3.05, 3.63) is 58.1 Å². The van der Waals surface area contributed by atoms with Crippen LogP contribution in [0.4, 0.5) is 4.39 Å². The van der Waals surface area contributed by atoms with E-state index in [4.69, 9.17) is 17.3 Å². The van der Waals surface area contributed by atoms with Gasteiger partial charge in [-0.3, -0.25) is 14.3 Å². The molecule has 1 heterocycles. The molecule has 8 heteroatoms. The summed E-state index contributed by atoms with van der Waals surface area (Å²) in [6.45, 7) is 6.72. The van der Waals surface area contributed by atoms with Crippen LogP contribution in [0, 0.1) is 24.6 Å². The van der Waals surface area contributed by atoms with Crippen LogP contribution >= 0.6 is 11.6 Å². The fraction of sp³-hybridized carbons (Fsp3) is 0.381. The SMILES string of the molecule is Cc1nn(CC(C)C)c(Cl)c1/C=C/C(=O)NCC(Cc1ccc(F)cc1)C(N)=O. The Kier molecular flexibility index (Phi) is 7.96. The van der Waals surface area contributed by atoms with E-state index < -0.39 is 11.8 Å². The maximum atomic E-state index is 13.0. The van der Waals surface area contributed by atoms with Crippen molar-refractivity contribution in [3.8, 4) is 0 Å². The molecule has 0 bridgehead atoms. The summed E-state index contributed by atoms with van der Waals surface area (Å²) < 4.78 is 14.7. The minimum atomic E-state index is -0.600. The molecule has 29 heavy (non-hydrogen) atoms. The van der Waals surface area contributed by atoms with Gasteiger partial charge in [0, 0.05) is 24.7 Å². The molecule has 0 aliphatic rings. The fourth-order valence-electron chi connectivity index (χ4n) is 2.84. The highest BCUT2D eigenvalue weighted by Crippen LogP contribution is 2.22. The highest BCUT2D eigenvalue weighted by Gasteiger charge is 2.17. The molecule has 6 nitrogen and oxygen atoms in total. The summed E-state index contributed by atoms with van der Waals surface area (Å²) in [6, 6.07) is 5.82. The van der Waals surface area contributed by atoms with Crippen LogP contribution in [0.15, 0.2) is 30.3 Å². The molecule has 0 saturated carbocycles. The molecule has 0 saturated heterocycles. The van der Waals surface area contributed by atoms with E-state index in [2.05, 4.69) is 24.3 Å². The second-order valence-electron chi connectivity index (χ2n) is 7.37. The summed E-state index contributed by atoms with van der Waals surface area (Å²) in [7, 11) is 0. The van der Waals surface area contributed by atoms with Gasteiger partial charge in [-0.2, -0.15) is 5.10 Å². The van der Waals surface area contributed by atoms with Gasteiger partial charge in [-0.1, -0.05) is 37.6 Å². The summed E-state index contributed by atoms with van der Waals surface area (Å²) in [5.41, 5.74) is 7.61. The minimum absolute atomic E-state index is 0.0786. The van der Waals surface area contributed by atoms with Gasteiger partial charge >= 0.3 is 0 Å². The van der Waals surface area contributed by atoms with Crippen molar-refractivity contribution in [2.24, 2.45) is 17.6 Å². The predicted octanol–water partition coefficient (Wildman–Crippen LogP) is 3.11. The lowest BCUT2D eigenvalue weighted by Crippen LogP contribution is -2.36. The molecule has 3 N–H and O–H groups in total. The van der Waals surface area contributed by atoms with Crippen LogP contribution in [0.1, 0.15) is 30.7 Å². The molecular formula is C21H26ClFN4O2. The lowest BCUT2D eigenvalue weighted by Gasteiger charge is -2.13. The molecule has 1 aromatic carbocycles. The lowest BCUT2D eigenvalue weighted by atomic mass is 9.98. The smallest absolute Gasteiger partial charge is 0.244 e. The Labute approximate surface area is 174 Å². The first-order valence-electron chi connectivity index (χ1n) is 9.40. The number of hydrogen-bond donors (Lipinski definition) is 2.